The van der Waals surface area contributed by atoms with E-state index >= 15 is 0 Å². The van der Waals surface area contributed by atoms with Gasteiger partial charge in [0.15, 0.2) is 0 Å². The standard InChI is InChI=1S/C36H50N8O4.C19H27ClN4O.C17H24N4O3/c1-35(2,3)24-10-12-25(13-11-24)44-28(32(46)41(7)8)17-23-19-38-33(40-30(23)44)39-29-16-9-22(18-37-29)31(45)42-20-26-14-15-27(21-42)43(26)34(47)48-36(4,5)6;1-19(2,3)13-6-8-14(9-7-13)24-15(17(25)23(4)5)10-12-11-21-18(20)22-16(12)24;1-17(2,3)24-16(23)21-12-5-6-13(21)10-20(9-12)15(22)11-4-7-14(18)19-8-11/h9,16-19,24-27H,10-15,20-21H2,1-8H3,(H,37,38,39,40);10-11,13-14H,6-9H2,1-5H3;4,7-8,12-13H,5-6,9-10H2,1-3H3,(H2,18,19). The first-order valence-electron chi connectivity index (χ1n) is 34.4. The number of nitrogens with zero attached hydrogens (tertiary/aromatic N) is 14. The van der Waals surface area contributed by atoms with Gasteiger partial charge >= 0.3 is 12.2 Å². The monoisotopic (exact) mass is 1350 g/mol. The zero-order valence-corrected chi connectivity index (χ0v) is 60.4. The summed E-state index contributed by atoms with van der Waals surface area (Å²) in [6.07, 6.45) is 18.1. The predicted molar refractivity (Wildman–Crippen MR) is 375 cm³/mol. The lowest BCUT2D eigenvalue weighted by atomic mass is 9.71. The van der Waals surface area contributed by atoms with Crippen LogP contribution in [0, 0.1) is 22.7 Å². The highest BCUT2D eigenvalue weighted by Gasteiger charge is 2.47. The zero-order chi connectivity index (χ0) is 70.4. The summed E-state index contributed by atoms with van der Waals surface area (Å²) < 4.78 is 15.4. The van der Waals surface area contributed by atoms with E-state index < -0.39 is 11.2 Å². The third-order valence-electron chi connectivity index (χ3n) is 20.0. The molecule has 2 aliphatic carbocycles. The number of pyridine rings is 2. The Morgan fingerprint density at radius 3 is 1.24 bits per heavy atom. The number of amides is 6. The Morgan fingerprint density at radius 2 is 0.876 bits per heavy atom. The molecule has 6 amide bonds. The van der Waals surface area contributed by atoms with E-state index in [4.69, 9.17) is 31.8 Å². The van der Waals surface area contributed by atoms with E-state index in [0.717, 1.165) is 92.2 Å². The molecule has 2 saturated carbocycles. The van der Waals surface area contributed by atoms with Crippen LogP contribution in [0.5, 0.6) is 0 Å². The number of fused-ring (bicyclic) bond motifs is 6. The number of halogens is 1. The number of nitrogen functional groups attached to an aromatic ring is 1. The fraction of sp³-hybridized carbons (Fsp3) is 0.611. The smallest absolute Gasteiger partial charge is 0.410 e. The maximum atomic E-state index is 13.5. The van der Waals surface area contributed by atoms with Crippen molar-refractivity contribution in [3.63, 3.8) is 0 Å². The van der Waals surface area contributed by atoms with Crippen LogP contribution in [-0.4, -0.2) is 194 Å². The Labute approximate surface area is 575 Å². The Kier molecular flexibility index (Phi) is 20.9. The minimum atomic E-state index is -0.564. The van der Waals surface area contributed by atoms with Crippen molar-refractivity contribution in [2.75, 3.05) is 65.4 Å². The number of aromatic nitrogens is 8. The van der Waals surface area contributed by atoms with Gasteiger partial charge in [-0.2, -0.15) is 9.97 Å². The molecule has 6 aromatic rings. The summed E-state index contributed by atoms with van der Waals surface area (Å²) in [6.45, 7) is 27.1. The van der Waals surface area contributed by atoms with E-state index in [2.05, 4.69) is 80.9 Å². The van der Waals surface area contributed by atoms with E-state index in [1.807, 2.05) is 68.4 Å². The predicted octanol–water partition coefficient (Wildman–Crippen LogP) is 12.7. The molecule has 25 heteroatoms. The van der Waals surface area contributed by atoms with Crippen LogP contribution in [0.25, 0.3) is 22.1 Å². The van der Waals surface area contributed by atoms with Gasteiger partial charge in [-0.05, 0) is 189 Å². The van der Waals surface area contributed by atoms with Crippen molar-refractivity contribution in [2.45, 2.75) is 208 Å². The number of carbonyl (C=O) groups is 6. The molecule has 6 aromatic heterocycles. The fourth-order valence-electron chi connectivity index (χ4n) is 15.0. The van der Waals surface area contributed by atoms with E-state index in [0.29, 0.717) is 77.6 Å². The van der Waals surface area contributed by atoms with Gasteiger partial charge in [-0.1, -0.05) is 41.5 Å². The molecule has 12 rings (SSSR count). The highest BCUT2D eigenvalue weighted by molar-refractivity contribution is 6.28. The van der Waals surface area contributed by atoms with Crippen LogP contribution < -0.4 is 11.1 Å². The summed E-state index contributed by atoms with van der Waals surface area (Å²) in [5.41, 5.74) is 8.88. The highest BCUT2D eigenvalue weighted by atomic mass is 35.5. The summed E-state index contributed by atoms with van der Waals surface area (Å²) in [4.78, 5) is 114. The van der Waals surface area contributed by atoms with Crippen molar-refractivity contribution in [1.82, 2.24) is 68.4 Å². The lowest BCUT2D eigenvalue weighted by molar-refractivity contribution is -0.00386. The lowest BCUT2D eigenvalue weighted by Crippen LogP contribution is -2.57. The van der Waals surface area contributed by atoms with Gasteiger partial charge in [-0.3, -0.25) is 29.0 Å². The number of rotatable bonds is 8. The molecule has 24 nitrogen and oxygen atoms in total. The maximum absolute atomic E-state index is 13.5. The van der Waals surface area contributed by atoms with Crippen molar-refractivity contribution in [1.29, 1.82) is 0 Å². The molecule has 97 heavy (non-hydrogen) atoms. The van der Waals surface area contributed by atoms with Crippen molar-refractivity contribution in [2.24, 2.45) is 22.7 Å². The van der Waals surface area contributed by atoms with Gasteiger partial charge in [0.25, 0.3) is 23.6 Å². The van der Waals surface area contributed by atoms with Gasteiger partial charge in [0.1, 0.15) is 45.5 Å². The molecular formula is C72H101ClN16O8. The highest BCUT2D eigenvalue weighted by Crippen LogP contribution is 2.45. The number of hydrogen-bond donors (Lipinski definition) is 2. The molecule has 0 aromatic carbocycles. The Balaban J connectivity index is 0.000000175. The van der Waals surface area contributed by atoms with Crippen LogP contribution >= 0.6 is 11.6 Å². The molecule has 4 saturated heterocycles. The molecule has 6 fully saturated rings. The topological polar surface area (TPSA) is 266 Å². The molecule has 0 spiro atoms. The molecule has 524 valence electrons. The molecule has 0 radical (unpaired) electrons. The first-order chi connectivity index (χ1) is 45.5. The molecule has 4 bridgehead atoms. The summed E-state index contributed by atoms with van der Waals surface area (Å²) >= 11 is 6.03. The van der Waals surface area contributed by atoms with Crippen LogP contribution in [0.4, 0.5) is 27.2 Å². The van der Waals surface area contributed by atoms with E-state index in [-0.39, 0.29) is 82.8 Å². The minimum absolute atomic E-state index is 0.00735. The summed E-state index contributed by atoms with van der Waals surface area (Å²) in [5, 5.41) is 5.10. The second kappa shape index (κ2) is 28.4. The number of nitrogens with two attached hydrogens (primary N) is 1. The average Bonchev–Trinajstić information content (AvgIpc) is 2.10. The van der Waals surface area contributed by atoms with Gasteiger partial charge in [-0.15, -0.1) is 0 Å². The van der Waals surface area contributed by atoms with Gasteiger partial charge in [0.05, 0.1) is 35.3 Å². The maximum Gasteiger partial charge on any atom is 0.410 e. The van der Waals surface area contributed by atoms with E-state index in [1.54, 1.807) is 85.7 Å². The molecule has 3 N–H and O–H groups in total. The van der Waals surface area contributed by atoms with Crippen molar-refractivity contribution in [3.05, 3.63) is 89.0 Å². The van der Waals surface area contributed by atoms with Gasteiger partial charge < -0.3 is 49.3 Å². The number of hydrogen-bond acceptors (Lipinski definition) is 16. The quantitative estimate of drug-likeness (QED) is 0.134. The van der Waals surface area contributed by atoms with Crippen molar-refractivity contribution in [3.8, 4) is 0 Å². The third-order valence-corrected chi connectivity index (χ3v) is 20.2. The summed E-state index contributed by atoms with van der Waals surface area (Å²) in [7, 11) is 7.10. The summed E-state index contributed by atoms with van der Waals surface area (Å²) in [6, 6.07) is 11.0. The van der Waals surface area contributed by atoms with Crippen LogP contribution in [0.3, 0.4) is 0 Å². The van der Waals surface area contributed by atoms with Crippen LogP contribution in [-0.2, 0) is 9.47 Å². The Morgan fingerprint density at radius 1 is 0.495 bits per heavy atom. The number of anilines is 3. The van der Waals surface area contributed by atoms with Crippen LogP contribution in [0.2, 0.25) is 5.28 Å². The van der Waals surface area contributed by atoms with Gasteiger partial charge in [0, 0.05) is 102 Å². The normalized spacial score (nSPS) is 22.6. The Hall–Kier alpha value is -8.15. The van der Waals surface area contributed by atoms with Crippen molar-refractivity contribution >= 4 is 87.1 Å². The number of nitrogens with one attached hydrogen (secondary N) is 1. The second-order valence-corrected chi connectivity index (χ2v) is 32.2. The largest absolute Gasteiger partial charge is 0.444 e. The molecule has 4 atom stereocenters. The lowest BCUT2D eigenvalue weighted by Gasteiger charge is -2.41. The number of piperazine rings is 2. The number of likely N-dealkylation sites (tertiary alicyclic amines) is 2. The second-order valence-electron chi connectivity index (χ2n) is 31.8. The average molecular weight is 1350 g/mol. The van der Waals surface area contributed by atoms with Crippen molar-refractivity contribution < 1.29 is 38.2 Å². The number of ether oxygens (including phenoxy) is 2. The Bertz CT molecular complexity index is 3820. The van der Waals surface area contributed by atoms with Gasteiger partial charge in [0.2, 0.25) is 11.2 Å². The fourth-order valence-corrected chi connectivity index (χ4v) is 15.1. The third kappa shape index (κ3) is 16.5. The number of carbonyl (C=O) groups excluding carboxylic acids is 6. The minimum Gasteiger partial charge on any atom is -0.444 e. The van der Waals surface area contributed by atoms with Gasteiger partial charge in [-0.25, -0.2) is 29.5 Å². The molecule has 4 aliphatic heterocycles. The first-order valence-corrected chi connectivity index (χ1v) is 34.8. The molecule has 6 aliphatic rings. The van der Waals surface area contributed by atoms with Crippen LogP contribution in [0.15, 0.2) is 61.2 Å². The first kappa shape index (κ1) is 71.6. The van der Waals surface area contributed by atoms with E-state index in [9.17, 15) is 28.8 Å². The SMILES string of the molecule is CC(C)(C)OC(=O)N1C2CCC1CN(C(=O)c1ccc(N)nc1)C2.CN(C)C(=O)c1cc2cnc(Cl)nc2n1C1CCC(C(C)(C)C)CC1.CN(C)C(=O)c1cc2cnc(Nc3ccc(C(=O)N4CC5CCC(C4)N5C(=O)OC(C)(C)C)cn3)nc2n1C1CCC(C(C)(C)C)CC1. The van der Waals surface area contributed by atoms with Crippen LogP contribution in [0.1, 0.15) is 214 Å². The van der Waals surface area contributed by atoms with E-state index in [1.165, 1.54) is 19.0 Å². The molecule has 10 heterocycles. The zero-order valence-electron chi connectivity index (χ0n) is 59.7. The summed E-state index contributed by atoms with van der Waals surface area (Å²) in [5.74, 6) is 2.40. The molecular weight excluding hydrogens is 1250 g/mol. The molecule has 4 unspecified atom stereocenters.